The monoisotopic (exact) mass is 476 g/mol. The number of unbranched alkanes of at least 4 members (excludes halogenated alkanes) is 1. The zero-order chi connectivity index (χ0) is 23.8. The highest BCUT2D eigenvalue weighted by molar-refractivity contribution is 6.30. The molecule has 1 aliphatic carbocycles. The van der Waals surface area contributed by atoms with E-state index in [1.165, 1.54) is 68.1 Å². The van der Waals surface area contributed by atoms with Crippen molar-refractivity contribution >= 4 is 11.6 Å². The number of aryl methyl sites for hydroxylation is 4. The van der Waals surface area contributed by atoms with Gasteiger partial charge in [0.05, 0.1) is 0 Å². The van der Waals surface area contributed by atoms with Crippen molar-refractivity contribution in [2.45, 2.75) is 83.5 Å². The highest BCUT2D eigenvalue weighted by Crippen LogP contribution is 2.37. The summed E-state index contributed by atoms with van der Waals surface area (Å²) in [6, 6.07) is 23.1. The van der Waals surface area contributed by atoms with E-state index in [2.05, 4.69) is 37.3 Å². The van der Waals surface area contributed by atoms with Gasteiger partial charge in [-0.2, -0.15) is 0 Å². The SMILES string of the molecule is CCCCc1ccc([C@H]2CC[C@H](CCc3ccc(CCc4ccc(Cl)cc4)c(F)c3)CC2)cc1. The minimum Gasteiger partial charge on any atom is -0.207 e. The van der Waals surface area contributed by atoms with Gasteiger partial charge in [-0.3, -0.25) is 0 Å². The van der Waals surface area contributed by atoms with Gasteiger partial charge >= 0.3 is 0 Å². The first kappa shape index (κ1) is 25.0. The number of hydrogen-bond donors (Lipinski definition) is 0. The van der Waals surface area contributed by atoms with E-state index in [9.17, 15) is 4.39 Å². The summed E-state index contributed by atoms with van der Waals surface area (Å²) in [5.74, 6) is 1.43. The Kier molecular flexibility index (Phi) is 9.22. The van der Waals surface area contributed by atoms with Crippen molar-refractivity contribution in [3.8, 4) is 0 Å². The maximum absolute atomic E-state index is 14.7. The van der Waals surface area contributed by atoms with Crippen LogP contribution in [0.2, 0.25) is 5.02 Å². The van der Waals surface area contributed by atoms with Crippen molar-refractivity contribution < 1.29 is 4.39 Å². The predicted octanol–water partition coefficient (Wildman–Crippen LogP) is 9.51. The van der Waals surface area contributed by atoms with Gasteiger partial charge in [0.15, 0.2) is 0 Å². The fourth-order valence-corrected chi connectivity index (χ4v) is 5.50. The molecule has 0 saturated heterocycles. The standard InChI is InChI=1S/C32H38ClF/c1-2-3-4-24-7-15-28(16-8-24)29-17-9-25(10-18-29)5-6-27-12-20-30(32(34)23-27)19-11-26-13-21-31(33)22-14-26/h7-8,12-16,20-23,25,29H,2-6,9-11,17-19H2,1H3/t25-,29-. The Bertz CT molecular complexity index is 1010. The molecule has 4 rings (SSSR count). The summed E-state index contributed by atoms with van der Waals surface area (Å²) in [6.45, 7) is 2.25. The molecule has 0 amide bonds. The molecule has 0 bridgehead atoms. The maximum Gasteiger partial charge on any atom is 0.126 e. The molecular formula is C32H38ClF. The molecule has 0 atom stereocenters. The van der Waals surface area contributed by atoms with Crippen molar-refractivity contribution in [2.75, 3.05) is 0 Å². The predicted molar refractivity (Wildman–Crippen MR) is 143 cm³/mol. The highest BCUT2D eigenvalue weighted by atomic mass is 35.5. The van der Waals surface area contributed by atoms with Gasteiger partial charge in [-0.05, 0) is 122 Å². The fourth-order valence-electron chi connectivity index (χ4n) is 5.37. The summed E-state index contributed by atoms with van der Waals surface area (Å²) in [5.41, 5.74) is 6.13. The summed E-state index contributed by atoms with van der Waals surface area (Å²) < 4.78 is 14.7. The van der Waals surface area contributed by atoms with Crippen LogP contribution in [0.1, 0.15) is 85.6 Å². The first-order valence-electron chi connectivity index (χ1n) is 13.2. The fraction of sp³-hybridized carbons (Fsp3) is 0.438. The van der Waals surface area contributed by atoms with Crippen LogP contribution in [0, 0.1) is 11.7 Å². The lowest BCUT2D eigenvalue weighted by atomic mass is 9.76. The van der Waals surface area contributed by atoms with Gasteiger partial charge in [0.1, 0.15) is 5.82 Å². The zero-order valence-corrected chi connectivity index (χ0v) is 21.3. The second-order valence-electron chi connectivity index (χ2n) is 10.2. The molecule has 0 aliphatic heterocycles. The minimum atomic E-state index is -0.0578. The first-order valence-corrected chi connectivity index (χ1v) is 13.6. The van der Waals surface area contributed by atoms with Crippen LogP contribution < -0.4 is 0 Å². The molecule has 1 aliphatic rings. The van der Waals surface area contributed by atoms with Crippen molar-refractivity contribution in [3.05, 3.63) is 105 Å². The first-order chi connectivity index (χ1) is 16.6. The van der Waals surface area contributed by atoms with Gasteiger partial charge in [0, 0.05) is 5.02 Å². The van der Waals surface area contributed by atoms with Gasteiger partial charge in [-0.25, -0.2) is 4.39 Å². The Hall–Kier alpha value is -2.12. The molecule has 180 valence electrons. The lowest BCUT2D eigenvalue weighted by Crippen LogP contribution is -2.14. The number of hydrogen-bond acceptors (Lipinski definition) is 0. The van der Waals surface area contributed by atoms with Gasteiger partial charge < -0.3 is 0 Å². The third-order valence-corrected chi connectivity index (χ3v) is 7.92. The molecule has 0 radical (unpaired) electrons. The molecule has 1 saturated carbocycles. The lowest BCUT2D eigenvalue weighted by Gasteiger charge is -2.29. The summed E-state index contributed by atoms with van der Waals surface area (Å²) in [7, 11) is 0. The average molecular weight is 477 g/mol. The molecule has 3 aromatic rings. The molecular weight excluding hydrogens is 439 g/mol. The molecule has 34 heavy (non-hydrogen) atoms. The number of rotatable bonds is 10. The average Bonchev–Trinajstić information content (AvgIpc) is 2.87. The summed E-state index contributed by atoms with van der Waals surface area (Å²) in [6.07, 6.45) is 12.6. The van der Waals surface area contributed by atoms with Crippen LogP contribution in [0.3, 0.4) is 0 Å². The van der Waals surface area contributed by atoms with Crippen LogP contribution in [0.5, 0.6) is 0 Å². The van der Waals surface area contributed by atoms with Gasteiger partial charge in [0.25, 0.3) is 0 Å². The Balaban J connectivity index is 1.21. The second-order valence-corrected chi connectivity index (χ2v) is 10.6. The minimum absolute atomic E-state index is 0.0578. The molecule has 1 fully saturated rings. The Morgan fingerprint density at radius 3 is 2.06 bits per heavy atom. The van der Waals surface area contributed by atoms with E-state index in [0.717, 1.165) is 41.3 Å². The molecule has 0 nitrogen and oxygen atoms in total. The summed E-state index contributed by atoms with van der Waals surface area (Å²) >= 11 is 5.95. The van der Waals surface area contributed by atoms with Crippen molar-refractivity contribution in [2.24, 2.45) is 5.92 Å². The third kappa shape index (κ3) is 7.19. The Morgan fingerprint density at radius 2 is 1.38 bits per heavy atom. The van der Waals surface area contributed by atoms with E-state index in [0.29, 0.717) is 5.92 Å². The van der Waals surface area contributed by atoms with Gasteiger partial charge in [0.2, 0.25) is 0 Å². The van der Waals surface area contributed by atoms with Crippen molar-refractivity contribution in [1.29, 1.82) is 0 Å². The largest absolute Gasteiger partial charge is 0.207 e. The van der Waals surface area contributed by atoms with Crippen LogP contribution >= 0.6 is 11.6 Å². The molecule has 0 spiro atoms. The van der Waals surface area contributed by atoms with Crippen LogP contribution in [0.15, 0.2) is 66.7 Å². The molecule has 0 unspecified atom stereocenters. The van der Waals surface area contributed by atoms with Crippen LogP contribution in [0.4, 0.5) is 4.39 Å². The van der Waals surface area contributed by atoms with Gasteiger partial charge in [-0.15, -0.1) is 0 Å². The third-order valence-electron chi connectivity index (χ3n) is 7.67. The molecule has 3 aromatic carbocycles. The number of benzene rings is 3. The number of halogens is 2. The van der Waals surface area contributed by atoms with Gasteiger partial charge in [-0.1, -0.05) is 73.5 Å². The van der Waals surface area contributed by atoms with E-state index >= 15 is 0 Å². The van der Waals surface area contributed by atoms with Crippen molar-refractivity contribution in [3.63, 3.8) is 0 Å². The second kappa shape index (κ2) is 12.5. The Labute approximate surface area is 210 Å². The van der Waals surface area contributed by atoms with E-state index in [1.54, 1.807) is 6.07 Å². The van der Waals surface area contributed by atoms with E-state index in [-0.39, 0.29) is 5.82 Å². The van der Waals surface area contributed by atoms with E-state index in [1.807, 2.05) is 30.3 Å². The normalized spacial score (nSPS) is 18.2. The maximum atomic E-state index is 14.7. The van der Waals surface area contributed by atoms with E-state index in [4.69, 9.17) is 11.6 Å². The van der Waals surface area contributed by atoms with Crippen LogP contribution in [-0.2, 0) is 25.7 Å². The topological polar surface area (TPSA) is 0 Å². The summed E-state index contributed by atoms with van der Waals surface area (Å²) in [4.78, 5) is 0. The highest BCUT2D eigenvalue weighted by Gasteiger charge is 2.22. The molecule has 0 heterocycles. The van der Waals surface area contributed by atoms with Crippen molar-refractivity contribution in [1.82, 2.24) is 0 Å². The molecule has 0 N–H and O–H groups in total. The Morgan fingerprint density at radius 1 is 0.735 bits per heavy atom. The smallest absolute Gasteiger partial charge is 0.126 e. The molecule has 0 aromatic heterocycles. The van der Waals surface area contributed by atoms with Crippen LogP contribution in [-0.4, -0.2) is 0 Å². The lowest BCUT2D eigenvalue weighted by molar-refractivity contribution is 0.310. The van der Waals surface area contributed by atoms with Crippen LogP contribution in [0.25, 0.3) is 0 Å². The quantitative estimate of drug-likeness (QED) is 0.273. The molecule has 2 heteroatoms. The van der Waals surface area contributed by atoms with E-state index < -0.39 is 0 Å². The summed E-state index contributed by atoms with van der Waals surface area (Å²) in [5, 5.41) is 0.740. The zero-order valence-electron chi connectivity index (χ0n) is 20.5.